The molecule has 0 radical (unpaired) electrons. The molecule has 0 saturated heterocycles. The summed E-state index contributed by atoms with van der Waals surface area (Å²) < 4.78 is 44.3. The predicted octanol–water partition coefficient (Wildman–Crippen LogP) is 7.75. The quantitative estimate of drug-likeness (QED) is 0.284. The van der Waals surface area contributed by atoms with Gasteiger partial charge in [0.1, 0.15) is 0 Å². The van der Waals surface area contributed by atoms with Gasteiger partial charge in [-0.2, -0.15) is 13.2 Å². The average molecular weight is 502 g/mol. The Balaban J connectivity index is 1.58. The monoisotopic (exact) mass is 501 g/mol. The third kappa shape index (κ3) is 5.30. The molecule has 0 aromatic heterocycles. The first-order valence-electron chi connectivity index (χ1n) is 12.3. The number of halogens is 3. The number of hydrogen-bond donors (Lipinski definition) is 1. The predicted molar refractivity (Wildman–Crippen MR) is 141 cm³/mol. The summed E-state index contributed by atoms with van der Waals surface area (Å²) in [5.74, 6) is -0.415. The van der Waals surface area contributed by atoms with Crippen LogP contribution in [0, 0.1) is 0 Å². The molecular formula is C31H26F3NO2. The zero-order valence-electron chi connectivity index (χ0n) is 20.4. The number of alkyl halides is 3. The van der Waals surface area contributed by atoms with Gasteiger partial charge in [0.05, 0.1) is 17.7 Å². The van der Waals surface area contributed by atoms with Gasteiger partial charge in [-0.05, 0) is 94.4 Å². The number of fused-ring (bicyclic) bond motifs is 1. The minimum absolute atomic E-state index is 0.260. The van der Waals surface area contributed by atoms with Crippen LogP contribution in [-0.2, 0) is 10.9 Å². The second-order valence-electron chi connectivity index (χ2n) is 9.02. The lowest BCUT2D eigenvalue weighted by molar-refractivity contribution is -0.137. The van der Waals surface area contributed by atoms with Crippen molar-refractivity contribution in [1.82, 2.24) is 5.32 Å². The molecule has 4 aromatic rings. The smallest absolute Gasteiger partial charge is 0.416 e. The summed E-state index contributed by atoms with van der Waals surface area (Å²) in [7, 11) is 0. The number of carbonyl (C=O) groups is 1. The molecule has 0 spiro atoms. The van der Waals surface area contributed by atoms with Gasteiger partial charge in [0.15, 0.2) is 0 Å². The summed E-state index contributed by atoms with van der Waals surface area (Å²) in [6.45, 7) is 3.85. The molecule has 0 amide bonds. The van der Waals surface area contributed by atoms with Crippen molar-refractivity contribution in [2.24, 2.45) is 0 Å². The van der Waals surface area contributed by atoms with Crippen molar-refractivity contribution >= 4 is 22.3 Å². The number of hydrogen-bond acceptors (Lipinski definition) is 3. The van der Waals surface area contributed by atoms with Crippen molar-refractivity contribution in [2.75, 3.05) is 19.7 Å². The van der Waals surface area contributed by atoms with E-state index in [2.05, 4.69) is 35.7 Å². The van der Waals surface area contributed by atoms with E-state index < -0.39 is 17.7 Å². The van der Waals surface area contributed by atoms with Crippen molar-refractivity contribution in [3.05, 3.63) is 102 Å². The van der Waals surface area contributed by atoms with E-state index in [1.54, 1.807) is 13.0 Å². The zero-order chi connectivity index (χ0) is 26.0. The highest BCUT2D eigenvalue weighted by Gasteiger charge is 2.30. The number of ether oxygens (including phenoxy) is 1. The summed E-state index contributed by atoms with van der Waals surface area (Å²) in [5, 5.41) is 5.07. The third-order valence-electron chi connectivity index (χ3n) is 6.64. The maximum atomic E-state index is 13.0. The van der Waals surface area contributed by atoms with Gasteiger partial charge < -0.3 is 10.1 Å². The topological polar surface area (TPSA) is 38.3 Å². The van der Waals surface area contributed by atoms with E-state index in [-0.39, 0.29) is 6.61 Å². The molecular weight excluding hydrogens is 475 g/mol. The van der Waals surface area contributed by atoms with Gasteiger partial charge >= 0.3 is 12.1 Å². The number of esters is 1. The van der Waals surface area contributed by atoms with Gasteiger partial charge in [-0.3, -0.25) is 0 Å². The molecule has 5 rings (SSSR count). The summed E-state index contributed by atoms with van der Waals surface area (Å²) in [6, 6.07) is 22.8. The fourth-order valence-corrected chi connectivity index (χ4v) is 4.72. The molecule has 0 bridgehead atoms. The minimum Gasteiger partial charge on any atom is -0.462 e. The molecule has 0 fully saturated rings. The molecule has 6 heteroatoms. The lowest BCUT2D eigenvalue weighted by Gasteiger charge is -2.16. The lowest BCUT2D eigenvalue weighted by Crippen LogP contribution is -2.19. The second kappa shape index (κ2) is 10.2. The maximum absolute atomic E-state index is 13.0. The number of rotatable bonds is 5. The van der Waals surface area contributed by atoms with Gasteiger partial charge in [0.25, 0.3) is 0 Å². The molecule has 1 N–H and O–H groups in total. The van der Waals surface area contributed by atoms with Gasteiger partial charge in [0.2, 0.25) is 0 Å². The van der Waals surface area contributed by atoms with Crippen LogP contribution < -0.4 is 5.32 Å². The fraction of sp³-hybridized carbons (Fsp3) is 0.194. The van der Waals surface area contributed by atoms with Gasteiger partial charge in [0, 0.05) is 6.54 Å². The van der Waals surface area contributed by atoms with E-state index in [9.17, 15) is 18.0 Å². The van der Waals surface area contributed by atoms with Crippen LogP contribution in [0.25, 0.3) is 38.6 Å². The molecule has 0 saturated carbocycles. The minimum atomic E-state index is -4.38. The molecule has 4 aromatic carbocycles. The van der Waals surface area contributed by atoms with E-state index in [1.165, 1.54) is 23.3 Å². The lowest BCUT2D eigenvalue weighted by atomic mass is 9.91. The van der Waals surface area contributed by atoms with Crippen LogP contribution in [0.2, 0.25) is 0 Å². The molecule has 3 nitrogen and oxygen atoms in total. The molecule has 37 heavy (non-hydrogen) atoms. The number of benzene rings is 4. The average Bonchev–Trinajstić information content (AvgIpc) is 2.92. The van der Waals surface area contributed by atoms with Crippen LogP contribution in [0.3, 0.4) is 0 Å². The molecule has 0 unspecified atom stereocenters. The fourth-order valence-electron chi connectivity index (χ4n) is 4.72. The van der Waals surface area contributed by atoms with Crippen molar-refractivity contribution < 1.29 is 22.7 Å². The van der Waals surface area contributed by atoms with Crippen molar-refractivity contribution in [3.8, 4) is 22.3 Å². The summed E-state index contributed by atoms with van der Waals surface area (Å²) in [5.41, 5.74) is 5.53. The van der Waals surface area contributed by atoms with Gasteiger partial charge in [-0.1, -0.05) is 54.6 Å². The largest absolute Gasteiger partial charge is 0.462 e. The maximum Gasteiger partial charge on any atom is 0.416 e. The number of nitrogens with one attached hydrogen (secondary N) is 1. The summed E-state index contributed by atoms with van der Waals surface area (Å²) in [4.78, 5) is 12.7. The Morgan fingerprint density at radius 1 is 0.865 bits per heavy atom. The SMILES string of the molecule is CCOC(=O)c1cc(-c2ccc(C3=CCNCC3)cc2)c2ccc(-c3ccc(C(F)(F)F)cc3)cc2c1. The van der Waals surface area contributed by atoms with Crippen molar-refractivity contribution in [2.45, 2.75) is 19.5 Å². The van der Waals surface area contributed by atoms with Gasteiger partial charge in [-0.25, -0.2) is 4.79 Å². The zero-order valence-corrected chi connectivity index (χ0v) is 20.4. The molecule has 1 aliphatic rings. The number of carbonyl (C=O) groups excluding carboxylic acids is 1. The van der Waals surface area contributed by atoms with Crippen LogP contribution in [0.1, 0.15) is 34.8 Å². The highest BCUT2D eigenvalue weighted by molar-refractivity contribution is 6.04. The Morgan fingerprint density at radius 2 is 1.54 bits per heavy atom. The molecule has 0 atom stereocenters. The van der Waals surface area contributed by atoms with Crippen LogP contribution in [0.15, 0.2) is 84.9 Å². The highest BCUT2D eigenvalue weighted by atomic mass is 19.4. The molecule has 1 aliphatic heterocycles. The molecule has 1 heterocycles. The Hall–Kier alpha value is -3.90. The standard InChI is InChI=1S/C31H26F3NO2/c1-2-37-30(36)26-18-25-17-24(21-7-10-27(11-8-21)31(32,33)34)9-12-28(25)29(19-26)23-5-3-20(4-6-23)22-13-15-35-16-14-22/h3-13,17-19,35H,2,14-16H2,1H3. The summed E-state index contributed by atoms with van der Waals surface area (Å²) >= 11 is 0. The Kier molecular flexibility index (Phi) is 6.85. The van der Waals surface area contributed by atoms with E-state index >= 15 is 0 Å². The Morgan fingerprint density at radius 3 is 2.19 bits per heavy atom. The first kappa shape index (κ1) is 24.8. The van der Waals surface area contributed by atoms with E-state index in [4.69, 9.17) is 4.74 Å². The Labute approximate surface area is 213 Å². The van der Waals surface area contributed by atoms with E-state index in [0.29, 0.717) is 11.1 Å². The summed E-state index contributed by atoms with van der Waals surface area (Å²) in [6.07, 6.45) is -1.20. The van der Waals surface area contributed by atoms with E-state index in [0.717, 1.165) is 59.1 Å². The normalized spacial score (nSPS) is 13.9. The third-order valence-corrected chi connectivity index (χ3v) is 6.64. The highest BCUT2D eigenvalue weighted by Crippen LogP contribution is 2.36. The Bertz CT molecular complexity index is 1470. The van der Waals surface area contributed by atoms with Gasteiger partial charge in [-0.15, -0.1) is 0 Å². The van der Waals surface area contributed by atoms with E-state index in [1.807, 2.05) is 24.3 Å². The van der Waals surface area contributed by atoms with Crippen molar-refractivity contribution in [3.63, 3.8) is 0 Å². The van der Waals surface area contributed by atoms with Crippen LogP contribution in [0.4, 0.5) is 13.2 Å². The van der Waals surface area contributed by atoms with Crippen LogP contribution in [-0.4, -0.2) is 25.7 Å². The first-order chi connectivity index (χ1) is 17.8. The first-order valence-corrected chi connectivity index (χ1v) is 12.3. The van der Waals surface area contributed by atoms with Crippen LogP contribution >= 0.6 is 0 Å². The second-order valence-corrected chi connectivity index (χ2v) is 9.02. The molecule has 188 valence electrons. The van der Waals surface area contributed by atoms with Crippen LogP contribution in [0.5, 0.6) is 0 Å². The van der Waals surface area contributed by atoms with Crippen molar-refractivity contribution in [1.29, 1.82) is 0 Å². The molecule has 0 aliphatic carbocycles.